The van der Waals surface area contributed by atoms with Crippen LogP contribution in [0.5, 0.6) is 0 Å². The van der Waals surface area contributed by atoms with Gasteiger partial charge >= 0.3 is 17.9 Å². The van der Waals surface area contributed by atoms with Crippen LogP contribution in [0.4, 0.5) is 0 Å². The van der Waals surface area contributed by atoms with Gasteiger partial charge in [-0.3, -0.25) is 19.7 Å². The molecular weight excluding hydrogens is 370 g/mol. The zero-order valence-electron chi connectivity index (χ0n) is 19.4. The molecule has 0 saturated carbocycles. The molecule has 10 nitrogen and oxygen atoms in total. The summed E-state index contributed by atoms with van der Waals surface area (Å²) >= 11 is 0. The summed E-state index contributed by atoms with van der Waals surface area (Å²) in [5, 5.41) is 5.59. The second kappa shape index (κ2) is 40.1. The summed E-state index contributed by atoms with van der Waals surface area (Å²) in [6.07, 6.45) is 1.25. The molecule has 0 spiro atoms. The van der Waals surface area contributed by atoms with E-state index >= 15 is 0 Å². The third-order valence-electron chi connectivity index (χ3n) is 1.57. The van der Waals surface area contributed by atoms with Crippen molar-refractivity contribution >= 4 is 17.9 Å². The standard InChI is InChI=1S/C5H10O3.C4H9NO2.C3H7NO2.C3H9N.C3H8/c1-3-7-4-8-5(2)6;1-4(6)7-3-5-2;1-3(5)6-4-2;1-3-4-2;1-3-2/h3-4H2,1-2H3;5H,3H2,1-2H3;4H,1-2H3;4H,3H2,1-2H3;3H2,1-2H3. The molecule has 0 atom stereocenters. The van der Waals surface area contributed by atoms with E-state index in [-0.39, 0.29) is 24.7 Å². The minimum Gasteiger partial charge on any atom is -0.450 e. The molecule has 0 aliphatic carbocycles. The van der Waals surface area contributed by atoms with Gasteiger partial charge < -0.3 is 24.4 Å². The quantitative estimate of drug-likeness (QED) is 0.186. The Balaban J connectivity index is -0.0000000819. The Morgan fingerprint density at radius 3 is 1.32 bits per heavy atom. The molecule has 0 heterocycles. The Labute approximate surface area is 171 Å². The predicted molar refractivity (Wildman–Crippen MR) is 110 cm³/mol. The van der Waals surface area contributed by atoms with Gasteiger partial charge in [0.15, 0.2) is 6.79 Å². The van der Waals surface area contributed by atoms with E-state index < -0.39 is 0 Å². The lowest BCUT2D eigenvalue weighted by atomic mass is 10.6. The molecule has 3 N–H and O–H groups in total. The zero-order chi connectivity index (χ0) is 23.2. The first-order valence-electron chi connectivity index (χ1n) is 9.12. The predicted octanol–water partition coefficient (Wildman–Crippen LogP) is 1.60. The largest absolute Gasteiger partial charge is 0.450 e. The van der Waals surface area contributed by atoms with Crippen molar-refractivity contribution in [1.82, 2.24) is 16.1 Å². The average Bonchev–Trinajstić information content (AvgIpc) is 2.62. The Kier molecular flexibility index (Phi) is 53.0. The molecule has 10 heteroatoms. The second-order valence-electron chi connectivity index (χ2n) is 4.59. The number of hydroxylamine groups is 1. The van der Waals surface area contributed by atoms with Crippen LogP contribution < -0.4 is 16.1 Å². The van der Waals surface area contributed by atoms with Crippen LogP contribution >= 0.6 is 0 Å². The van der Waals surface area contributed by atoms with Crippen molar-refractivity contribution in [2.45, 2.75) is 54.9 Å². The van der Waals surface area contributed by atoms with Gasteiger partial charge in [-0.1, -0.05) is 27.2 Å². The molecular formula is C18H43N3O7. The molecule has 0 aromatic heterocycles. The van der Waals surface area contributed by atoms with E-state index in [1.54, 1.807) is 7.05 Å². The number of carbonyl (C=O) groups excluding carboxylic acids is 3. The summed E-state index contributed by atoms with van der Waals surface area (Å²) in [6.45, 7) is 14.2. The summed E-state index contributed by atoms with van der Waals surface area (Å²) in [4.78, 5) is 33.9. The fraction of sp³-hybridized carbons (Fsp3) is 0.833. The van der Waals surface area contributed by atoms with Crippen LogP contribution in [0, 0.1) is 0 Å². The van der Waals surface area contributed by atoms with Crippen molar-refractivity contribution in [2.24, 2.45) is 0 Å². The smallest absolute Gasteiger partial charge is 0.321 e. The van der Waals surface area contributed by atoms with Crippen molar-refractivity contribution in [3.8, 4) is 0 Å². The highest BCUT2D eigenvalue weighted by molar-refractivity contribution is 5.66. The number of nitrogens with one attached hydrogen (secondary N) is 3. The molecule has 0 unspecified atom stereocenters. The van der Waals surface area contributed by atoms with Crippen molar-refractivity contribution in [2.75, 3.05) is 47.8 Å². The fourth-order valence-corrected chi connectivity index (χ4v) is 0.526. The summed E-state index contributed by atoms with van der Waals surface area (Å²) in [6, 6.07) is 0. The van der Waals surface area contributed by atoms with E-state index in [0.29, 0.717) is 13.3 Å². The summed E-state index contributed by atoms with van der Waals surface area (Å²) in [5.41, 5.74) is 2.22. The van der Waals surface area contributed by atoms with Crippen LogP contribution in [-0.2, 0) is 33.4 Å². The molecule has 0 amide bonds. The van der Waals surface area contributed by atoms with Gasteiger partial charge in [-0.05, 0) is 27.6 Å². The van der Waals surface area contributed by atoms with Gasteiger partial charge in [-0.25, -0.2) is 0 Å². The summed E-state index contributed by atoms with van der Waals surface area (Å²) in [5.74, 6) is -0.884. The number of esters is 2. The lowest BCUT2D eigenvalue weighted by Crippen LogP contribution is -2.13. The number of rotatable bonds is 7. The Morgan fingerprint density at radius 1 is 0.750 bits per heavy atom. The van der Waals surface area contributed by atoms with Crippen molar-refractivity contribution in [1.29, 1.82) is 0 Å². The topological polar surface area (TPSA) is 124 Å². The van der Waals surface area contributed by atoms with Crippen LogP contribution in [0.15, 0.2) is 0 Å². The maximum absolute atomic E-state index is 10.0. The van der Waals surface area contributed by atoms with Gasteiger partial charge in [0.2, 0.25) is 0 Å². The van der Waals surface area contributed by atoms with Gasteiger partial charge in [0.05, 0.1) is 0 Å². The van der Waals surface area contributed by atoms with E-state index in [0.717, 1.165) is 6.54 Å². The second-order valence-corrected chi connectivity index (χ2v) is 4.59. The normalized spacial score (nSPS) is 7.93. The van der Waals surface area contributed by atoms with E-state index in [1.807, 2.05) is 14.0 Å². The lowest BCUT2D eigenvalue weighted by Gasteiger charge is -1.98. The first-order chi connectivity index (χ1) is 13.1. The molecule has 0 rings (SSSR count). The molecule has 0 aliphatic rings. The third kappa shape index (κ3) is 104. The molecule has 28 heavy (non-hydrogen) atoms. The Morgan fingerprint density at radius 2 is 1.18 bits per heavy atom. The maximum Gasteiger partial charge on any atom is 0.321 e. The molecule has 0 aromatic rings. The van der Waals surface area contributed by atoms with Gasteiger partial charge in [0.1, 0.15) is 6.73 Å². The van der Waals surface area contributed by atoms with Crippen LogP contribution in [0.1, 0.15) is 54.9 Å². The Bertz CT molecular complexity index is 316. The summed E-state index contributed by atoms with van der Waals surface area (Å²) < 4.78 is 13.6. The molecule has 0 saturated heterocycles. The Hall–Kier alpha value is -1.75. The molecule has 0 bridgehead atoms. The lowest BCUT2D eigenvalue weighted by molar-refractivity contribution is -0.153. The molecule has 0 aromatic carbocycles. The minimum atomic E-state index is -0.322. The highest BCUT2D eigenvalue weighted by atomic mass is 16.7. The van der Waals surface area contributed by atoms with E-state index in [2.05, 4.69) is 51.2 Å². The van der Waals surface area contributed by atoms with E-state index in [4.69, 9.17) is 4.74 Å². The van der Waals surface area contributed by atoms with Gasteiger partial charge in [0, 0.05) is 34.4 Å². The summed E-state index contributed by atoms with van der Waals surface area (Å²) in [7, 11) is 5.17. The first-order valence-corrected chi connectivity index (χ1v) is 9.12. The fourth-order valence-electron chi connectivity index (χ4n) is 0.526. The maximum atomic E-state index is 10.0. The van der Waals surface area contributed by atoms with E-state index in [9.17, 15) is 14.4 Å². The number of ether oxygens (including phenoxy) is 3. The minimum absolute atomic E-state index is 0.0752. The SMILES string of the molecule is CCC.CCNC.CCOCOC(C)=O.CNCOC(C)=O.CNOC(C)=O. The monoisotopic (exact) mass is 413 g/mol. The van der Waals surface area contributed by atoms with Crippen molar-refractivity contribution in [3.05, 3.63) is 0 Å². The highest BCUT2D eigenvalue weighted by Gasteiger charge is 1.87. The van der Waals surface area contributed by atoms with Crippen LogP contribution in [0.3, 0.4) is 0 Å². The number of hydrogen-bond acceptors (Lipinski definition) is 10. The van der Waals surface area contributed by atoms with Crippen LogP contribution in [-0.4, -0.2) is 65.7 Å². The highest BCUT2D eigenvalue weighted by Crippen LogP contribution is 1.76. The van der Waals surface area contributed by atoms with E-state index in [1.165, 1.54) is 34.2 Å². The van der Waals surface area contributed by atoms with Crippen LogP contribution in [0.2, 0.25) is 0 Å². The molecule has 172 valence electrons. The van der Waals surface area contributed by atoms with Gasteiger partial charge in [-0.15, -0.1) is 0 Å². The number of hydrogen-bond donors (Lipinski definition) is 3. The molecule has 0 aliphatic heterocycles. The van der Waals surface area contributed by atoms with Gasteiger partial charge in [-0.2, -0.15) is 5.48 Å². The van der Waals surface area contributed by atoms with Crippen molar-refractivity contribution < 1.29 is 33.4 Å². The third-order valence-corrected chi connectivity index (χ3v) is 1.57. The number of carbonyl (C=O) groups is 3. The molecule has 0 radical (unpaired) electrons. The first kappa shape index (κ1) is 37.1. The zero-order valence-corrected chi connectivity index (χ0v) is 19.4. The van der Waals surface area contributed by atoms with Crippen molar-refractivity contribution in [3.63, 3.8) is 0 Å². The molecule has 0 fully saturated rings. The average molecular weight is 414 g/mol. The van der Waals surface area contributed by atoms with Gasteiger partial charge in [0.25, 0.3) is 0 Å². The van der Waals surface area contributed by atoms with Crippen LogP contribution in [0.25, 0.3) is 0 Å².